The summed E-state index contributed by atoms with van der Waals surface area (Å²) >= 11 is 0. The van der Waals surface area contributed by atoms with E-state index in [9.17, 15) is 5.11 Å². The molecular formula is C18H25N3O2. The van der Waals surface area contributed by atoms with Crippen LogP contribution in [0.1, 0.15) is 37.6 Å². The maximum atomic E-state index is 9.80. The second-order valence-corrected chi connectivity index (χ2v) is 6.45. The Morgan fingerprint density at radius 3 is 2.83 bits per heavy atom. The molecule has 3 rings (SSSR count). The number of phenolic OH excluding ortho intramolecular Hbond substituents is 1. The molecular weight excluding hydrogens is 290 g/mol. The Hall–Kier alpha value is -1.88. The lowest BCUT2D eigenvalue weighted by atomic mass is 9.93. The molecule has 0 unspecified atom stereocenters. The van der Waals surface area contributed by atoms with Gasteiger partial charge in [-0.2, -0.15) is 4.98 Å². The number of aromatic hydroxyl groups is 1. The third kappa shape index (κ3) is 3.72. The molecule has 1 aromatic heterocycles. The molecule has 2 heterocycles. The van der Waals surface area contributed by atoms with Gasteiger partial charge in [0.25, 0.3) is 5.89 Å². The van der Waals surface area contributed by atoms with Gasteiger partial charge in [0.1, 0.15) is 5.75 Å². The average molecular weight is 315 g/mol. The summed E-state index contributed by atoms with van der Waals surface area (Å²) in [5, 5.41) is 13.9. The molecule has 124 valence electrons. The fraction of sp³-hybridized carbons (Fsp3) is 0.556. The number of benzene rings is 1. The number of likely N-dealkylation sites (tertiary alicyclic amines) is 1. The van der Waals surface area contributed by atoms with Crippen molar-refractivity contribution in [2.24, 2.45) is 5.92 Å². The summed E-state index contributed by atoms with van der Waals surface area (Å²) in [5.41, 5.74) is 1.58. The molecule has 5 heteroatoms. The summed E-state index contributed by atoms with van der Waals surface area (Å²) in [6, 6.07) is 5.36. The molecule has 0 aliphatic carbocycles. The minimum absolute atomic E-state index is 0.255. The fourth-order valence-corrected chi connectivity index (χ4v) is 3.29. The van der Waals surface area contributed by atoms with Gasteiger partial charge >= 0.3 is 0 Å². The average Bonchev–Trinajstić information content (AvgIpc) is 3.00. The van der Waals surface area contributed by atoms with Crippen molar-refractivity contribution in [3.63, 3.8) is 0 Å². The van der Waals surface area contributed by atoms with Crippen LogP contribution in [0.25, 0.3) is 11.5 Å². The van der Waals surface area contributed by atoms with Gasteiger partial charge in [-0.3, -0.25) is 0 Å². The predicted octanol–water partition coefficient (Wildman–Crippen LogP) is 3.42. The summed E-state index contributed by atoms with van der Waals surface area (Å²) in [5.74, 6) is 2.16. The smallest absolute Gasteiger partial charge is 0.258 e. The number of rotatable bonds is 5. The Balaban J connectivity index is 1.63. The highest BCUT2D eigenvalue weighted by Gasteiger charge is 2.21. The molecule has 1 N–H and O–H groups in total. The van der Waals surface area contributed by atoms with Crippen molar-refractivity contribution in [1.82, 2.24) is 15.0 Å². The fourth-order valence-electron chi connectivity index (χ4n) is 3.29. The normalized spacial score (nSPS) is 16.8. The lowest BCUT2D eigenvalue weighted by Crippen LogP contribution is -2.34. The predicted molar refractivity (Wildman–Crippen MR) is 89.3 cm³/mol. The Labute approximate surface area is 137 Å². The van der Waals surface area contributed by atoms with E-state index in [1.54, 1.807) is 12.1 Å². The SMILES string of the molecule is CCCN1CCC(Cc2noc(-c3cccc(O)c3C)n2)CC1. The van der Waals surface area contributed by atoms with Gasteiger partial charge in [-0.05, 0) is 63.9 Å². The first kappa shape index (κ1) is 16.0. The van der Waals surface area contributed by atoms with Crippen molar-refractivity contribution in [2.45, 2.75) is 39.5 Å². The Morgan fingerprint density at radius 2 is 2.09 bits per heavy atom. The second-order valence-electron chi connectivity index (χ2n) is 6.45. The summed E-state index contributed by atoms with van der Waals surface area (Å²) in [6.07, 6.45) is 4.51. The van der Waals surface area contributed by atoms with Gasteiger partial charge in [-0.25, -0.2) is 0 Å². The number of phenols is 1. The molecule has 1 aliphatic heterocycles. The van der Waals surface area contributed by atoms with E-state index in [0.717, 1.165) is 23.4 Å². The lowest BCUT2D eigenvalue weighted by molar-refractivity contribution is 0.182. The first-order valence-corrected chi connectivity index (χ1v) is 8.51. The van der Waals surface area contributed by atoms with E-state index in [0.29, 0.717) is 11.8 Å². The van der Waals surface area contributed by atoms with E-state index < -0.39 is 0 Å². The summed E-state index contributed by atoms with van der Waals surface area (Å²) in [7, 11) is 0. The molecule has 1 aliphatic rings. The van der Waals surface area contributed by atoms with Crippen LogP contribution in [0.2, 0.25) is 0 Å². The molecule has 0 bridgehead atoms. The van der Waals surface area contributed by atoms with Crippen molar-refractivity contribution in [3.8, 4) is 17.2 Å². The van der Waals surface area contributed by atoms with Crippen LogP contribution in [0.5, 0.6) is 5.75 Å². The van der Waals surface area contributed by atoms with Crippen LogP contribution >= 0.6 is 0 Å². The Kier molecular flexibility index (Phi) is 4.96. The topological polar surface area (TPSA) is 62.4 Å². The molecule has 1 fully saturated rings. The molecule has 0 atom stereocenters. The zero-order valence-electron chi connectivity index (χ0n) is 14.0. The number of hydrogen-bond donors (Lipinski definition) is 1. The van der Waals surface area contributed by atoms with Crippen molar-refractivity contribution in [2.75, 3.05) is 19.6 Å². The molecule has 2 aromatic rings. The maximum Gasteiger partial charge on any atom is 0.258 e. The Morgan fingerprint density at radius 1 is 1.30 bits per heavy atom. The standard InChI is InChI=1S/C18H25N3O2/c1-3-9-21-10-7-14(8-11-21)12-17-19-18(23-20-17)15-5-4-6-16(22)13(15)2/h4-6,14,22H,3,7-12H2,1-2H3. The van der Waals surface area contributed by atoms with Crippen LogP contribution in [-0.4, -0.2) is 39.8 Å². The maximum absolute atomic E-state index is 9.80. The first-order chi connectivity index (χ1) is 11.2. The third-order valence-electron chi connectivity index (χ3n) is 4.72. The van der Waals surface area contributed by atoms with Gasteiger partial charge in [0.2, 0.25) is 0 Å². The van der Waals surface area contributed by atoms with E-state index in [2.05, 4.69) is 22.0 Å². The van der Waals surface area contributed by atoms with Gasteiger partial charge in [0, 0.05) is 17.5 Å². The lowest BCUT2D eigenvalue weighted by Gasteiger charge is -2.31. The van der Waals surface area contributed by atoms with Crippen LogP contribution in [0.15, 0.2) is 22.7 Å². The number of aromatic nitrogens is 2. The van der Waals surface area contributed by atoms with Crippen LogP contribution < -0.4 is 0 Å². The quantitative estimate of drug-likeness (QED) is 0.916. The van der Waals surface area contributed by atoms with Crippen molar-refractivity contribution >= 4 is 0 Å². The van der Waals surface area contributed by atoms with E-state index in [1.165, 1.54) is 38.9 Å². The molecule has 1 aromatic carbocycles. The van der Waals surface area contributed by atoms with Gasteiger partial charge in [0.05, 0.1) is 0 Å². The van der Waals surface area contributed by atoms with E-state index in [-0.39, 0.29) is 5.75 Å². The molecule has 1 saturated heterocycles. The zero-order valence-corrected chi connectivity index (χ0v) is 14.0. The van der Waals surface area contributed by atoms with Crippen molar-refractivity contribution < 1.29 is 9.63 Å². The van der Waals surface area contributed by atoms with E-state index >= 15 is 0 Å². The van der Waals surface area contributed by atoms with Crippen molar-refractivity contribution in [1.29, 1.82) is 0 Å². The minimum Gasteiger partial charge on any atom is -0.508 e. The summed E-state index contributed by atoms with van der Waals surface area (Å²) in [4.78, 5) is 7.07. The molecule has 5 nitrogen and oxygen atoms in total. The highest BCUT2D eigenvalue weighted by atomic mass is 16.5. The summed E-state index contributed by atoms with van der Waals surface area (Å²) < 4.78 is 5.41. The van der Waals surface area contributed by atoms with Crippen LogP contribution in [-0.2, 0) is 6.42 Å². The van der Waals surface area contributed by atoms with Gasteiger partial charge < -0.3 is 14.5 Å². The highest BCUT2D eigenvalue weighted by Crippen LogP contribution is 2.28. The molecule has 0 saturated carbocycles. The number of hydrogen-bond acceptors (Lipinski definition) is 5. The largest absolute Gasteiger partial charge is 0.508 e. The molecule has 23 heavy (non-hydrogen) atoms. The van der Waals surface area contributed by atoms with Crippen LogP contribution in [0, 0.1) is 12.8 Å². The van der Waals surface area contributed by atoms with Gasteiger partial charge in [0.15, 0.2) is 5.82 Å². The second kappa shape index (κ2) is 7.13. The highest BCUT2D eigenvalue weighted by molar-refractivity contribution is 5.61. The monoisotopic (exact) mass is 315 g/mol. The minimum atomic E-state index is 0.255. The molecule has 0 radical (unpaired) electrons. The molecule has 0 amide bonds. The first-order valence-electron chi connectivity index (χ1n) is 8.51. The van der Waals surface area contributed by atoms with Crippen molar-refractivity contribution in [3.05, 3.63) is 29.6 Å². The van der Waals surface area contributed by atoms with E-state index in [1.807, 2.05) is 13.0 Å². The van der Waals surface area contributed by atoms with Gasteiger partial charge in [-0.1, -0.05) is 18.1 Å². The third-order valence-corrected chi connectivity index (χ3v) is 4.72. The molecule has 0 spiro atoms. The Bertz CT molecular complexity index is 645. The number of piperidine rings is 1. The van der Waals surface area contributed by atoms with Crippen LogP contribution in [0.3, 0.4) is 0 Å². The summed E-state index contributed by atoms with van der Waals surface area (Å²) in [6.45, 7) is 7.65. The van der Waals surface area contributed by atoms with Gasteiger partial charge in [-0.15, -0.1) is 0 Å². The van der Waals surface area contributed by atoms with E-state index in [4.69, 9.17) is 4.52 Å². The zero-order chi connectivity index (χ0) is 16.2. The number of nitrogens with zero attached hydrogens (tertiary/aromatic N) is 3. The van der Waals surface area contributed by atoms with Crippen LogP contribution in [0.4, 0.5) is 0 Å².